The molecule has 0 aromatic carbocycles. The van der Waals surface area contributed by atoms with E-state index in [1.54, 1.807) is 0 Å². The van der Waals surface area contributed by atoms with Crippen LogP contribution in [0.3, 0.4) is 0 Å². The van der Waals surface area contributed by atoms with Crippen molar-refractivity contribution >= 4 is 15.9 Å². The number of hydrogen-bond donors (Lipinski definition) is 0. The van der Waals surface area contributed by atoms with Crippen LogP contribution in [0.1, 0.15) is 66.7 Å². The van der Waals surface area contributed by atoms with Crippen LogP contribution in [-0.4, -0.2) is 4.83 Å². The maximum atomic E-state index is 3.89. The third-order valence-electron chi connectivity index (χ3n) is 4.88. The van der Waals surface area contributed by atoms with Crippen LogP contribution in [0.25, 0.3) is 0 Å². The normalized spacial score (nSPS) is 29.4. The molecule has 0 aromatic heterocycles. The molecule has 0 saturated heterocycles. The fourth-order valence-corrected chi connectivity index (χ4v) is 3.58. The third kappa shape index (κ3) is 3.48. The molecule has 0 aromatic rings. The van der Waals surface area contributed by atoms with Gasteiger partial charge in [-0.1, -0.05) is 57.0 Å². The summed E-state index contributed by atoms with van der Waals surface area (Å²) in [5.41, 5.74) is 0.560. The zero-order valence-electron chi connectivity index (χ0n) is 11.7. The summed E-state index contributed by atoms with van der Waals surface area (Å²) < 4.78 is 0. The lowest BCUT2D eigenvalue weighted by atomic mass is 9.67. The van der Waals surface area contributed by atoms with E-state index >= 15 is 0 Å². The van der Waals surface area contributed by atoms with Crippen molar-refractivity contribution in [2.24, 2.45) is 23.2 Å². The highest BCUT2D eigenvalue weighted by Crippen LogP contribution is 2.44. The molecule has 1 heteroatoms. The van der Waals surface area contributed by atoms with Gasteiger partial charge in [-0.15, -0.1) is 0 Å². The van der Waals surface area contributed by atoms with Crippen molar-refractivity contribution in [2.75, 3.05) is 0 Å². The molecule has 0 heterocycles. The molecule has 1 saturated carbocycles. The van der Waals surface area contributed by atoms with E-state index in [0.717, 1.165) is 22.6 Å². The van der Waals surface area contributed by atoms with E-state index in [4.69, 9.17) is 0 Å². The van der Waals surface area contributed by atoms with Crippen LogP contribution in [0.15, 0.2) is 0 Å². The molecule has 0 amide bonds. The van der Waals surface area contributed by atoms with Crippen molar-refractivity contribution < 1.29 is 0 Å². The summed E-state index contributed by atoms with van der Waals surface area (Å²) in [6.07, 6.45) is 7.08. The van der Waals surface area contributed by atoms with Crippen LogP contribution < -0.4 is 0 Å². The molecule has 0 bridgehead atoms. The van der Waals surface area contributed by atoms with Gasteiger partial charge in [0.25, 0.3) is 0 Å². The smallest absolute Gasteiger partial charge is 0.0197 e. The predicted molar refractivity (Wildman–Crippen MR) is 77.1 cm³/mol. The molecule has 16 heavy (non-hydrogen) atoms. The van der Waals surface area contributed by atoms with Gasteiger partial charge in [-0.05, 0) is 48.9 Å². The van der Waals surface area contributed by atoms with Crippen LogP contribution in [0.2, 0.25) is 0 Å². The van der Waals surface area contributed by atoms with Crippen molar-refractivity contribution in [3.63, 3.8) is 0 Å². The van der Waals surface area contributed by atoms with E-state index in [-0.39, 0.29) is 0 Å². The minimum Gasteiger partial charge on any atom is -0.0885 e. The molecular weight excluding hydrogens is 260 g/mol. The molecule has 0 aliphatic heterocycles. The zero-order chi connectivity index (χ0) is 12.3. The van der Waals surface area contributed by atoms with Crippen molar-refractivity contribution in [1.29, 1.82) is 0 Å². The van der Waals surface area contributed by atoms with Gasteiger partial charge >= 0.3 is 0 Å². The van der Waals surface area contributed by atoms with Crippen LogP contribution >= 0.6 is 15.9 Å². The summed E-state index contributed by atoms with van der Waals surface area (Å²) in [5, 5.41) is 0. The summed E-state index contributed by atoms with van der Waals surface area (Å²) in [5.74, 6) is 2.66. The Labute approximate surface area is 111 Å². The van der Waals surface area contributed by atoms with E-state index in [9.17, 15) is 0 Å². The molecule has 0 N–H and O–H groups in total. The first-order valence-electron chi connectivity index (χ1n) is 7.02. The molecule has 1 rings (SSSR count). The van der Waals surface area contributed by atoms with E-state index in [1.807, 2.05) is 0 Å². The van der Waals surface area contributed by atoms with Gasteiger partial charge in [-0.2, -0.15) is 0 Å². The number of hydrogen-bond acceptors (Lipinski definition) is 0. The van der Waals surface area contributed by atoms with Gasteiger partial charge in [0.05, 0.1) is 0 Å². The standard InChI is InChI=1S/C15H29Br/c1-6-15(4,5)13-9-7-12(8-10-13)14(16)11(2)3/h11-14H,6-10H2,1-5H3. The summed E-state index contributed by atoms with van der Waals surface area (Å²) in [7, 11) is 0. The number of rotatable bonds is 4. The molecule has 1 unspecified atom stereocenters. The fourth-order valence-electron chi connectivity index (χ4n) is 3.05. The Bertz CT molecular complexity index is 199. The minimum atomic E-state index is 0.560. The van der Waals surface area contributed by atoms with Crippen molar-refractivity contribution in [1.82, 2.24) is 0 Å². The minimum absolute atomic E-state index is 0.560. The molecular formula is C15H29Br. The molecule has 0 spiro atoms. The van der Waals surface area contributed by atoms with Crippen molar-refractivity contribution in [2.45, 2.75) is 71.5 Å². The molecule has 1 aliphatic carbocycles. The molecule has 0 nitrogen and oxygen atoms in total. The van der Waals surface area contributed by atoms with Gasteiger partial charge in [0.15, 0.2) is 0 Å². The molecule has 1 fully saturated rings. The predicted octanol–water partition coefficient (Wildman–Crippen LogP) is 5.65. The van der Waals surface area contributed by atoms with E-state index in [1.165, 1.54) is 32.1 Å². The Balaban J connectivity index is 2.45. The molecule has 1 aliphatic rings. The Hall–Kier alpha value is 0.480. The first-order chi connectivity index (χ1) is 7.38. The summed E-state index contributed by atoms with van der Waals surface area (Å²) in [6, 6.07) is 0. The van der Waals surface area contributed by atoms with Gasteiger partial charge in [-0.3, -0.25) is 0 Å². The SMILES string of the molecule is CCC(C)(C)C1CCC(C(Br)C(C)C)CC1. The van der Waals surface area contributed by atoms with E-state index in [0.29, 0.717) is 5.41 Å². The van der Waals surface area contributed by atoms with Crippen LogP contribution in [0, 0.1) is 23.2 Å². The first-order valence-corrected chi connectivity index (χ1v) is 7.94. The first kappa shape index (κ1) is 14.5. The molecule has 0 radical (unpaired) electrons. The van der Waals surface area contributed by atoms with Crippen molar-refractivity contribution in [3.05, 3.63) is 0 Å². The van der Waals surface area contributed by atoms with E-state index in [2.05, 4.69) is 50.5 Å². The maximum absolute atomic E-state index is 3.89. The summed E-state index contributed by atoms with van der Waals surface area (Å²) >= 11 is 3.89. The quantitative estimate of drug-likeness (QED) is 0.587. The zero-order valence-corrected chi connectivity index (χ0v) is 13.3. The van der Waals surface area contributed by atoms with Gasteiger partial charge < -0.3 is 0 Å². The van der Waals surface area contributed by atoms with E-state index < -0.39 is 0 Å². The van der Waals surface area contributed by atoms with Gasteiger partial charge in [0.2, 0.25) is 0 Å². The Morgan fingerprint density at radius 1 is 1.12 bits per heavy atom. The number of alkyl halides is 1. The van der Waals surface area contributed by atoms with Gasteiger partial charge in [0.1, 0.15) is 0 Å². The topological polar surface area (TPSA) is 0 Å². The van der Waals surface area contributed by atoms with Gasteiger partial charge in [-0.25, -0.2) is 0 Å². The summed E-state index contributed by atoms with van der Waals surface area (Å²) in [4.78, 5) is 0.734. The second kappa shape index (κ2) is 5.89. The largest absolute Gasteiger partial charge is 0.0885 e. The van der Waals surface area contributed by atoms with Crippen LogP contribution in [-0.2, 0) is 0 Å². The lowest BCUT2D eigenvalue weighted by Crippen LogP contribution is -2.31. The second-order valence-corrected chi connectivity index (χ2v) is 7.70. The monoisotopic (exact) mass is 288 g/mol. The average molecular weight is 289 g/mol. The Morgan fingerprint density at radius 2 is 1.62 bits per heavy atom. The lowest BCUT2D eigenvalue weighted by Gasteiger charge is -2.40. The highest BCUT2D eigenvalue weighted by molar-refractivity contribution is 9.09. The summed E-state index contributed by atoms with van der Waals surface area (Å²) in [6.45, 7) is 11.9. The van der Waals surface area contributed by atoms with Crippen LogP contribution in [0.4, 0.5) is 0 Å². The highest BCUT2D eigenvalue weighted by Gasteiger charge is 2.34. The fraction of sp³-hybridized carbons (Fsp3) is 1.00. The average Bonchev–Trinajstić information content (AvgIpc) is 2.28. The van der Waals surface area contributed by atoms with Gasteiger partial charge in [0, 0.05) is 4.83 Å². The Kier molecular flexibility index (Phi) is 5.35. The second-order valence-electron chi connectivity index (χ2n) is 6.64. The van der Waals surface area contributed by atoms with Crippen LogP contribution in [0.5, 0.6) is 0 Å². The maximum Gasteiger partial charge on any atom is 0.0197 e. The van der Waals surface area contributed by atoms with Crippen molar-refractivity contribution in [3.8, 4) is 0 Å². The third-order valence-corrected chi connectivity index (χ3v) is 6.68. The highest BCUT2D eigenvalue weighted by atomic mass is 79.9. The Morgan fingerprint density at radius 3 is 2.00 bits per heavy atom. The number of halogens is 1. The molecule has 1 atom stereocenters. The molecule has 96 valence electrons. The lowest BCUT2D eigenvalue weighted by molar-refractivity contribution is 0.124.